The predicted molar refractivity (Wildman–Crippen MR) is 78.5 cm³/mol. The van der Waals surface area contributed by atoms with Crippen molar-refractivity contribution in [1.82, 2.24) is 0 Å². The van der Waals surface area contributed by atoms with Crippen molar-refractivity contribution in [3.8, 4) is 5.75 Å². The number of aliphatic carboxylic acids is 1. The maximum atomic E-state index is 12.4. The van der Waals surface area contributed by atoms with Crippen LogP contribution in [0.15, 0.2) is 6.07 Å². The molecule has 2 aliphatic rings. The van der Waals surface area contributed by atoms with Gasteiger partial charge >= 0.3 is 5.97 Å². The second-order valence-electron chi connectivity index (χ2n) is 5.66. The minimum Gasteiger partial charge on any atom is -0.480 e. The van der Waals surface area contributed by atoms with Crippen LogP contribution < -0.4 is 4.74 Å². The Labute approximate surface area is 132 Å². The number of carboxylic acids is 1. The Balaban J connectivity index is 1.88. The number of carboxylic acid groups (broad SMARTS) is 1. The zero-order valence-electron chi connectivity index (χ0n) is 11.2. The Kier molecular flexibility index (Phi) is 3.84. The standard InChI is InChI=1S/C15H14Cl2O4/c16-13-10(21-6-11(18)19)5-8-4-9(3-7-1-2-7)15(20)12(8)14(13)17/h5,7,9H,1-4,6H2,(H,18,19). The van der Waals surface area contributed by atoms with Gasteiger partial charge in [-0.2, -0.15) is 0 Å². The summed E-state index contributed by atoms with van der Waals surface area (Å²) in [5, 5.41) is 8.95. The van der Waals surface area contributed by atoms with Gasteiger partial charge in [0, 0.05) is 11.5 Å². The number of ketones is 1. The number of carbonyl (C=O) groups is 2. The summed E-state index contributed by atoms with van der Waals surface area (Å²) >= 11 is 12.3. The highest BCUT2D eigenvalue weighted by molar-refractivity contribution is 6.45. The summed E-state index contributed by atoms with van der Waals surface area (Å²) < 4.78 is 5.14. The molecule has 0 aromatic heterocycles. The van der Waals surface area contributed by atoms with Gasteiger partial charge in [0.2, 0.25) is 0 Å². The fourth-order valence-corrected chi connectivity index (χ4v) is 3.34. The van der Waals surface area contributed by atoms with Crippen LogP contribution in [0.2, 0.25) is 10.0 Å². The van der Waals surface area contributed by atoms with E-state index in [0.717, 1.165) is 12.0 Å². The molecule has 1 aromatic rings. The lowest BCUT2D eigenvalue weighted by Crippen LogP contribution is -2.10. The van der Waals surface area contributed by atoms with Crippen molar-refractivity contribution in [2.75, 3.05) is 6.61 Å². The van der Waals surface area contributed by atoms with Crippen LogP contribution in [0.25, 0.3) is 0 Å². The van der Waals surface area contributed by atoms with Crippen molar-refractivity contribution in [1.29, 1.82) is 0 Å². The number of halogens is 2. The molecule has 0 spiro atoms. The summed E-state index contributed by atoms with van der Waals surface area (Å²) in [7, 11) is 0. The predicted octanol–water partition coefficient (Wildman–Crippen LogP) is 3.61. The zero-order valence-corrected chi connectivity index (χ0v) is 12.7. The Bertz CT molecular complexity index is 623. The summed E-state index contributed by atoms with van der Waals surface area (Å²) in [6.45, 7) is -0.492. The molecule has 1 N–H and O–H groups in total. The minimum atomic E-state index is -1.09. The number of Topliss-reactive ketones (excluding diaryl/α,β-unsaturated/α-hetero) is 1. The number of rotatable bonds is 5. The monoisotopic (exact) mass is 328 g/mol. The maximum absolute atomic E-state index is 12.4. The van der Waals surface area contributed by atoms with E-state index in [2.05, 4.69) is 0 Å². The SMILES string of the molecule is O=C(O)COc1cc2c(c(Cl)c1Cl)C(=O)C(CC1CC1)C2. The number of hydrogen-bond donors (Lipinski definition) is 1. The molecule has 1 fully saturated rings. The van der Waals surface area contributed by atoms with Gasteiger partial charge in [0.1, 0.15) is 10.8 Å². The first-order valence-electron chi connectivity index (χ1n) is 6.87. The van der Waals surface area contributed by atoms with Gasteiger partial charge in [-0.25, -0.2) is 4.79 Å². The molecular weight excluding hydrogens is 315 g/mol. The summed E-state index contributed by atoms with van der Waals surface area (Å²) in [5.41, 5.74) is 1.29. The average Bonchev–Trinajstić information content (AvgIpc) is 3.18. The molecule has 4 nitrogen and oxygen atoms in total. The molecule has 0 saturated heterocycles. The Hall–Kier alpha value is -1.26. The number of fused-ring (bicyclic) bond motifs is 1. The first-order chi connectivity index (χ1) is 9.97. The van der Waals surface area contributed by atoms with Crippen molar-refractivity contribution in [3.63, 3.8) is 0 Å². The van der Waals surface area contributed by atoms with Gasteiger partial charge in [0.15, 0.2) is 12.4 Å². The van der Waals surface area contributed by atoms with E-state index in [9.17, 15) is 9.59 Å². The molecule has 3 rings (SSSR count). The van der Waals surface area contributed by atoms with Crippen LogP contribution in [-0.2, 0) is 11.2 Å². The lowest BCUT2D eigenvalue weighted by molar-refractivity contribution is -0.139. The van der Waals surface area contributed by atoms with Crippen molar-refractivity contribution >= 4 is 35.0 Å². The number of ether oxygens (including phenoxy) is 1. The first-order valence-corrected chi connectivity index (χ1v) is 7.62. The number of hydrogen-bond acceptors (Lipinski definition) is 3. The number of benzene rings is 1. The summed E-state index contributed by atoms with van der Waals surface area (Å²) in [5.74, 6) is -0.192. The molecule has 1 saturated carbocycles. The highest BCUT2D eigenvalue weighted by Crippen LogP contribution is 2.45. The highest BCUT2D eigenvalue weighted by Gasteiger charge is 2.37. The fourth-order valence-electron chi connectivity index (χ4n) is 2.83. The van der Waals surface area contributed by atoms with E-state index in [4.69, 9.17) is 33.0 Å². The van der Waals surface area contributed by atoms with Crippen LogP contribution in [0.1, 0.15) is 35.2 Å². The van der Waals surface area contributed by atoms with Crippen molar-refractivity contribution in [2.45, 2.75) is 25.7 Å². The lowest BCUT2D eigenvalue weighted by Gasteiger charge is -2.10. The van der Waals surface area contributed by atoms with Crippen molar-refractivity contribution in [2.24, 2.45) is 11.8 Å². The summed E-state index contributed by atoms with van der Waals surface area (Å²) in [4.78, 5) is 23.0. The van der Waals surface area contributed by atoms with Crippen LogP contribution in [0.5, 0.6) is 5.75 Å². The van der Waals surface area contributed by atoms with E-state index in [1.54, 1.807) is 6.07 Å². The molecule has 0 amide bonds. The fraction of sp³-hybridized carbons (Fsp3) is 0.467. The average molecular weight is 329 g/mol. The van der Waals surface area contributed by atoms with Crippen LogP contribution in [0, 0.1) is 11.8 Å². The molecule has 2 aliphatic carbocycles. The van der Waals surface area contributed by atoms with E-state index in [0.29, 0.717) is 17.9 Å². The van der Waals surface area contributed by atoms with Gasteiger partial charge in [-0.3, -0.25) is 4.79 Å². The van der Waals surface area contributed by atoms with E-state index < -0.39 is 12.6 Å². The lowest BCUT2D eigenvalue weighted by atomic mass is 9.98. The third-order valence-electron chi connectivity index (χ3n) is 4.00. The molecule has 21 heavy (non-hydrogen) atoms. The van der Waals surface area contributed by atoms with Crippen LogP contribution in [-0.4, -0.2) is 23.5 Å². The first kappa shape index (κ1) is 14.7. The zero-order chi connectivity index (χ0) is 15.1. The van der Waals surface area contributed by atoms with Gasteiger partial charge in [-0.15, -0.1) is 0 Å². The highest BCUT2D eigenvalue weighted by atomic mass is 35.5. The van der Waals surface area contributed by atoms with Crippen molar-refractivity contribution in [3.05, 3.63) is 27.2 Å². The normalized spacial score (nSPS) is 20.5. The molecule has 1 aromatic carbocycles. The third kappa shape index (κ3) is 2.87. The smallest absolute Gasteiger partial charge is 0.341 e. The molecular formula is C15H14Cl2O4. The summed E-state index contributed by atoms with van der Waals surface area (Å²) in [6.07, 6.45) is 3.92. The second-order valence-corrected chi connectivity index (χ2v) is 6.42. The molecule has 112 valence electrons. The Morgan fingerprint density at radius 3 is 2.67 bits per heavy atom. The topological polar surface area (TPSA) is 63.6 Å². The molecule has 1 atom stereocenters. The van der Waals surface area contributed by atoms with Gasteiger partial charge < -0.3 is 9.84 Å². The van der Waals surface area contributed by atoms with E-state index >= 15 is 0 Å². The van der Waals surface area contributed by atoms with Crippen LogP contribution in [0.3, 0.4) is 0 Å². The molecule has 6 heteroatoms. The van der Waals surface area contributed by atoms with Gasteiger partial charge in [0.05, 0.1) is 5.02 Å². The van der Waals surface area contributed by atoms with Crippen molar-refractivity contribution < 1.29 is 19.4 Å². The van der Waals surface area contributed by atoms with Crippen LogP contribution >= 0.6 is 23.2 Å². The molecule has 0 bridgehead atoms. The maximum Gasteiger partial charge on any atom is 0.341 e. The van der Waals surface area contributed by atoms with E-state index in [1.807, 2.05) is 0 Å². The van der Waals surface area contributed by atoms with Gasteiger partial charge in [0.25, 0.3) is 0 Å². The molecule has 0 heterocycles. The Morgan fingerprint density at radius 1 is 1.33 bits per heavy atom. The molecule has 0 radical (unpaired) electrons. The Morgan fingerprint density at radius 2 is 2.05 bits per heavy atom. The van der Waals surface area contributed by atoms with Gasteiger partial charge in [-0.1, -0.05) is 36.0 Å². The van der Waals surface area contributed by atoms with Crippen LogP contribution in [0.4, 0.5) is 0 Å². The number of carbonyl (C=O) groups excluding carboxylic acids is 1. The minimum absolute atomic E-state index is 0.0317. The quantitative estimate of drug-likeness (QED) is 0.896. The third-order valence-corrected chi connectivity index (χ3v) is 4.85. The van der Waals surface area contributed by atoms with Gasteiger partial charge in [-0.05, 0) is 30.4 Å². The van der Waals surface area contributed by atoms with E-state index in [1.165, 1.54) is 12.8 Å². The summed E-state index contributed by atoms with van der Waals surface area (Å²) in [6, 6.07) is 1.65. The largest absolute Gasteiger partial charge is 0.480 e. The molecule has 1 unspecified atom stereocenters. The molecule has 0 aliphatic heterocycles. The van der Waals surface area contributed by atoms with E-state index in [-0.39, 0.29) is 27.5 Å². The second kappa shape index (κ2) is 5.50.